The first-order valence-electron chi connectivity index (χ1n) is 7.31. The van der Waals surface area contributed by atoms with Gasteiger partial charge in [0.25, 0.3) is 0 Å². The van der Waals surface area contributed by atoms with Crippen molar-refractivity contribution in [3.05, 3.63) is 48.3 Å². The summed E-state index contributed by atoms with van der Waals surface area (Å²) < 4.78 is 21.1. The normalized spacial score (nSPS) is 20.9. The minimum atomic E-state index is -0.841. The van der Waals surface area contributed by atoms with Crippen LogP contribution in [-0.2, 0) is 11.3 Å². The predicted molar refractivity (Wildman–Crippen MR) is 77.6 cm³/mol. The highest BCUT2D eigenvalue weighted by Crippen LogP contribution is 2.19. The molecule has 1 N–H and O–H groups in total. The minimum Gasteiger partial charge on any atom is -0.387 e. The van der Waals surface area contributed by atoms with Gasteiger partial charge in [-0.1, -0.05) is 18.2 Å². The molecule has 1 saturated heterocycles. The summed E-state index contributed by atoms with van der Waals surface area (Å²) in [7, 11) is 0. The van der Waals surface area contributed by atoms with Crippen molar-refractivity contribution >= 4 is 0 Å². The van der Waals surface area contributed by atoms with Crippen LogP contribution in [0.1, 0.15) is 11.7 Å². The second-order valence-corrected chi connectivity index (χ2v) is 5.41. The van der Waals surface area contributed by atoms with Gasteiger partial charge in [-0.15, -0.1) is 0 Å². The summed E-state index contributed by atoms with van der Waals surface area (Å²) in [5.41, 5.74) is 0.335. The van der Waals surface area contributed by atoms with Crippen molar-refractivity contribution in [3.63, 3.8) is 0 Å². The topological polar surface area (TPSA) is 63.4 Å². The van der Waals surface area contributed by atoms with Crippen LogP contribution in [0.25, 0.3) is 0 Å². The zero-order chi connectivity index (χ0) is 15.4. The van der Waals surface area contributed by atoms with E-state index in [4.69, 9.17) is 4.74 Å². The van der Waals surface area contributed by atoms with Crippen LogP contribution in [0, 0.1) is 5.82 Å². The third-order valence-corrected chi connectivity index (χ3v) is 3.78. The van der Waals surface area contributed by atoms with E-state index in [1.807, 2.05) is 0 Å². The summed E-state index contributed by atoms with van der Waals surface area (Å²) in [5, 5.41) is 14.3. The Morgan fingerprint density at radius 1 is 1.41 bits per heavy atom. The van der Waals surface area contributed by atoms with Crippen LogP contribution in [0.3, 0.4) is 0 Å². The van der Waals surface area contributed by atoms with E-state index in [0.29, 0.717) is 31.8 Å². The van der Waals surface area contributed by atoms with E-state index in [-0.39, 0.29) is 11.9 Å². The molecule has 2 atom stereocenters. The molecular weight excluding hydrogens is 287 g/mol. The second kappa shape index (κ2) is 6.95. The number of aromatic nitrogens is 3. The SMILES string of the molecule is O[C@H](CN1CCO[C@@H](Cn2cncn2)C1)c1ccccc1F. The molecule has 0 unspecified atom stereocenters. The molecule has 0 saturated carbocycles. The summed E-state index contributed by atoms with van der Waals surface area (Å²) in [6.45, 7) is 2.98. The Balaban J connectivity index is 1.57. The molecule has 1 fully saturated rings. The maximum Gasteiger partial charge on any atom is 0.137 e. The molecule has 0 amide bonds. The van der Waals surface area contributed by atoms with Gasteiger partial charge in [0, 0.05) is 25.2 Å². The van der Waals surface area contributed by atoms with Crippen LogP contribution in [0.5, 0.6) is 0 Å². The summed E-state index contributed by atoms with van der Waals surface area (Å²) in [5.74, 6) is -0.373. The van der Waals surface area contributed by atoms with E-state index in [1.165, 1.54) is 12.4 Å². The standard InChI is InChI=1S/C15H19FN4O2/c16-14-4-2-1-3-13(14)15(21)9-19-5-6-22-12(7-19)8-20-11-17-10-18-20/h1-4,10-12,15,21H,5-9H2/t12-,15-/m1/s1. The molecule has 1 aliphatic heterocycles. The van der Waals surface area contributed by atoms with Gasteiger partial charge in [0.15, 0.2) is 0 Å². The molecule has 6 nitrogen and oxygen atoms in total. The highest BCUT2D eigenvalue weighted by Gasteiger charge is 2.24. The van der Waals surface area contributed by atoms with Gasteiger partial charge in [0.2, 0.25) is 0 Å². The molecule has 0 bridgehead atoms. The Morgan fingerprint density at radius 2 is 2.27 bits per heavy atom. The number of nitrogens with zero attached hydrogens (tertiary/aromatic N) is 4. The van der Waals surface area contributed by atoms with Gasteiger partial charge in [-0.25, -0.2) is 9.37 Å². The maximum atomic E-state index is 13.7. The number of hydrogen-bond donors (Lipinski definition) is 1. The number of β-amino-alcohol motifs (C(OH)–C–C–N with tert-alkyl or cyclic N) is 1. The van der Waals surface area contributed by atoms with Crippen molar-refractivity contribution in [2.24, 2.45) is 0 Å². The number of morpholine rings is 1. The zero-order valence-corrected chi connectivity index (χ0v) is 12.2. The molecule has 1 aromatic carbocycles. The average Bonchev–Trinajstić information content (AvgIpc) is 3.01. The first kappa shape index (κ1) is 15.1. The fraction of sp³-hybridized carbons (Fsp3) is 0.467. The Labute approximate surface area is 128 Å². The van der Waals surface area contributed by atoms with Crippen LogP contribution in [0.15, 0.2) is 36.9 Å². The van der Waals surface area contributed by atoms with Crippen molar-refractivity contribution < 1.29 is 14.2 Å². The molecule has 0 spiro atoms. The molecule has 1 aromatic heterocycles. The summed E-state index contributed by atoms with van der Waals surface area (Å²) >= 11 is 0. The summed E-state index contributed by atoms with van der Waals surface area (Å²) in [4.78, 5) is 5.99. The van der Waals surface area contributed by atoms with Crippen LogP contribution >= 0.6 is 0 Å². The molecule has 0 radical (unpaired) electrons. The zero-order valence-electron chi connectivity index (χ0n) is 12.2. The molecule has 3 rings (SSSR count). The van der Waals surface area contributed by atoms with Gasteiger partial charge in [-0.2, -0.15) is 5.10 Å². The lowest BCUT2D eigenvalue weighted by Gasteiger charge is -2.34. The largest absolute Gasteiger partial charge is 0.387 e. The first-order valence-corrected chi connectivity index (χ1v) is 7.31. The quantitative estimate of drug-likeness (QED) is 0.887. The molecule has 118 valence electrons. The van der Waals surface area contributed by atoms with Crippen LogP contribution in [0.4, 0.5) is 4.39 Å². The lowest BCUT2D eigenvalue weighted by molar-refractivity contribution is -0.0489. The Kier molecular flexibility index (Phi) is 4.77. The molecule has 0 aliphatic carbocycles. The highest BCUT2D eigenvalue weighted by molar-refractivity contribution is 5.20. The third kappa shape index (κ3) is 3.68. The molecule has 22 heavy (non-hydrogen) atoms. The smallest absolute Gasteiger partial charge is 0.137 e. The molecule has 1 aliphatic rings. The number of halogens is 1. The number of hydrogen-bond acceptors (Lipinski definition) is 5. The van der Waals surface area contributed by atoms with Crippen LogP contribution in [0.2, 0.25) is 0 Å². The number of aliphatic hydroxyl groups excluding tert-OH is 1. The van der Waals surface area contributed by atoms with Crippen molar-refractivity contribution in [2.75, 3.05) is 26.2 Å². The maximum absolute atomic E-state index is 13.7. The van der Waals surface area contributed by atoms with Gasteiger partial charge in [0.1, 0.15) is 18.5 Å². The summed E-state index contributed by atoms with van der Waals surface area (Å²) in [6.07, 6.45) is 2.29. The minimum absolute atomic E-state index is 0.0109. The monoisotopic (exact) mass is 306 g/mol. The van der Waals surface area contributed by atoms with E-state index in [1.54, 1.807) is 29.2 Å². The van der Waals surface area contributed by atoms with Crippen LogP contribution < -0.4 is 0 Å². The Morgan fingerprint density at radius 3 is 3.05 bits per heavy atom. The number of rotatable bonds is 5. The van der Waals surface area contributed by atoms with E-state index in [0.717, 1.165) is 6.54 Å². The van der Waals surface area contributed by atoms with Gasteiger partial charge in [-0.3, -0.25) is 9.58 Å². The van der Waals surface area contributed by atoms with E-state index in [9.17, 15) is 9.50 Å². The van der Waals surface area contributed by atoms with Gasteiger partial charge < -0.3 is 9.84 Å². The third-order valence-electron chi connectivity index (χ3n) is 3.78. The number of benzene rings is 1. The average molecular weight is 306 g/mol. The molecular formula is C15H19FN4O2. The van der Waals surface area contributed by atoms with Gasteiger partial charge in [0.05, 0.1) is 25.4 Å². The van der Waals surface area contributed by atoms with E-state index in [2.05, 4.69) is 15.0 Å². The lowest BCUT2D eigenvalue weighted by atomic mass is 10.1. The van der Waals surface area contributed by atoms with Crippen molar-refractivity contribution in [3.8, 4) is 0 Å². The first-order chi connectivity index (χ1) is 10.7. The van der Waals surface area contributed by atoms with E-state index >= 15 is 0 Å². The number of aliphatic hydroxyl groups is 1. The van der Waals surface area contributed by atoms with Crippen molar-refractivity contribution in [1.29, 1.82) is 0 Å². The second-order valence-electron chi connectivity index (χ2n) is 5.41. The van der Waals surface area contributed by atoms with Crippen molar-refractivity contribution in [1.82, 2.24) is 19.7 Å². The van der Waals surface area contributed by atoms with Crippen molar-refractivity contribution in [2.45, 2.75) is 18.8 Å². The van der Waals surface area contributed by atoms with Gasteiger partial charge in [-0.05, 0) is 6.07 Å². The highest BCUT2D eigenvalue weighted by atomic mass is 19.1. The molecule has 2 heterocycles. The lowest BCUT2D eigenvalue weighted by Crippen LogP contribution is -2.45. The molecule has 2 aromatic rings. The summed E-state index contributed by atoms with van der Waals surface area (Å²) in [6, 6.07) is 6.33. The predicted octanol–water partition coefficient (Wildman–Crippen LogP) is 0.852. The van der Waals surface area contributed by atoms with E-state index < -0.39 is 6.10 Å². The Hall–Kier alpha value is -1.83. The number of ether oxygens (including phenoxy) is 1. The fourth-order valence-electron chi connectivity index (χ4n) is 2.68. The fourth-order valence-corrected chi connectivity index (χ4v) is 2.68. The van der Waals surface area contributed by atoms with Gasteiger partial charge >= 0.3 is 0 Å². The molecule has 7 heteroatoms. The Bertz CT molecular complexity index is 593. The van der Waals surface area contributed by atoms with Crippen LogP contribution in [-0.4, -0.2) is 57.1 Å².